The highest BCUT2D eigenvalue weighted by Gasteiger charge is 2.12. The molecule has 0 spiro atoms. The lowest BCUT2D eigenvalue weighted by atomic mass is 10.3. The second kappa shape index (κ2) is 13.2. The molecule has 0 amide bonds. The highest BCUT2D eigenvalue weighted by molar-refractivity contribution is 14.0. The van der Waals surface area contributed by atoms with Crippen LogP contribution in [0.4, 0.5) is 0 Å². The summed E-state index contributed by atoms with van der Waals surface area (Å²) in [5.41, 5.74) is 0. The van der Waals surface area contributed by atoms with Crippen molar-refractivity contribution in [2.45, 2.75) is 26.3 Å². The largest absolute Gasteiger partial charge is 0.379 e. The van der Waals surface area contributed by atoms with Crippen molar-refractivity contribution in [2.24, 2.45) is 12.0 Å². The molecule has 30 heavy (non-hydrogen) atoms. The summed E-state index contributed by atoms with van der Waals surface area (Å²) in [6.45, 7) is 9.16. The first kappa shape index (κ1) is 25.0. The third kappa shape index (κ3) is 7.78. The number of morpholine rings is 1. The molecule has 3 rings (SSSR count). The summed E-state index contributed by atoms with van der Waals surface area (Å²) in [5.74, 6) is 2.70. The number of thiophene rings is 1. The molecule has 1 aliphatic rings. The van der Waals surface area contributed by atoms with Gasteiger partial charge in [-0.3, -0.25) is 4.90 Å². The van der Waals surface area contributed by atoms with Crippen molar-refractivity contribution in [1.29, 1.82) is 0 Å². The van der Waals surface area contributed by atoms with Gasteiger partial charge in [0.25, 0.3) is 0 Å². The van der Waals surface area contributed by atoms with E-state index in [2.05, 4.69) is 49.9 Å². The number of ether oxygens (including phenoxy) is 1. The molecule has 2 aromatic rings. The number of hydrogen-bond donors (Lipinski definition) is 1. The monoisotopic (exact) mass is 547 g/mol. The molecule has 1 aliphatic heterocycles. The van der Waals surface area contributed by atoms with Crippen LogP contribution in [0.3, 0.4) is 0 Å². The van der Waals surface area contributed by atoms with Crippen molar-refractivity contribution in [1.82, 2.24) is 29.9 Å². The molecule has 0 atom stereocenters. The van der Waals surface area contributed by atoms with Crippen LogP contribution < -0.4 is 5.32 Å². The summed E-state index contributed by atoms with van der Waals surface area (Å²) in [6.07, 6.45) is 2.10. The van der Waals surface area contributed by atoms with Gasteiger partial charge < -0.3 is 19.5 Å². The van der Waals surface area contributed by atoms with Crippen molar-refractivity contribution < 1.29 is 4.74 Å². The molecule has 1 saturated heterocycles. The Kier molecular flexibility index (Phi) is 11.0. The predicted molar refractivity (Wildman–Crippen MR) is 133 cm³/mol. The van der Waals surface area contributed by atoms with Gasteiger partial charge in [0.1, 0.15) is 12.4 Å². The summed E-state index contributed by atoms with van der Waals surface area (Å²) >= 11 is 1.80. The van der Waals surface area contributed by atoms with E-state index in [0.717, 1.165) is 76.4 Å². The normalized spacial score (nSPS) is 15.1. The molecule has 8 nitrogen and oxygen atoms in total. The first-order valence-corrected chi connectivity index (χ1v) is 11.2. The van der Waals surface area contributed by atoms with Crippen molar-refractivity contribution in [3.63, 3.8) is 0 Å². The minimum absolute atomic E-state index is 0. The fourth-order valence-electron chi connectivity index (χ4n) is 3.21. The zero-order chi connectivity index (χ0) is 20.5. The van der Waals surface area contributed by atoms with Crippen LogP contribution in [0, 0.1) is 6.92 Å². The van der Waals surface area contributed by atoms with Gasteiger partial charge in [0.2, 0.25) is 0 Å². The Balaban J connectivity index is 0.00000320. The lowest BCUT2D eigenvalue weighted by molar-refractivity contribution is 0.0375. The second-order valence-corrected chi connectivity index (χ2v) is 8.38. The van der Waals surface area contributed by atoms with Gasteiger partial charge in [-0.2, -0.15) is 0 Å². The average molecular weight is 548 g/mol. The van der Waals surface area contributed by atoms with Crippen molar-refractivity contribution in [3.8, 4) is 0 Å². The molecule has 0 aliphatic carbocycles. The minimum Gasteiger partial charge on any atom is -0.379 e. The van der Waals surface area contributed by atoms with Gasteiger partial charge in [0.15, 0.2) is 11.8 Å². The number of rotatable bonds is 9. The van der Waals surface area contributed by atoms with E-state index in [0.29, 0.717) is 6.54 Å². The number of halogens is 1. The first-order valence-electron chi connectivity index (χ1n) is 10.3. The number of nitrogens with one attached hydrogen (secondary N) is 1. The topological polar surface area (TPSA) is 70.8 Å². The van der Waals surface area contributed by atoms with E-state index in [9.17, 15) is 0 Å². The van der Waals surface area contributed by atoms with Crippen LogP contribution in [0.25, 0.3) is 0 Å². The van der Waals surface area contributed by atoms with Crippen LogP contribution in [0.1, 0.15) is 22.9 Å². The molecular weight excluding hydrogens is 513 g/mol. The predicted octanol–water partition coefficient (Wildman–Crippen LogP) is 2.15. The first-order chi connectivity index (χ1) is 14.1. The molecule has 168 valence electrons. The summed E-state index contributed by atoms with van der Waals surface area (Å²) < 4.78 is 7.41. The van der Waals surface area contributed by atoms with Gasteiger partial charge in [-0.1, -0.05) is 6.07 Å². The van der Waals surface area contributed by atoms with Crippen LogP contribution in [0.15, 0.2) is 22.5 Å². The van der Waals surface area contributed by atoms with Crippen LogP contribution in [0.5, 0.6) is 0 Å². The molecule has 0 radical (unpaired) electrons. The molecule has 1 fully saturated rings. The molecule has 0 aromatic carbocycles. The van der Waals surface area contributed by atoms with Crippen LogP contribution >= 0.6 is 35.3 Å². The molecule has 10 heteroatoms. The lowest BCUT2D eigenvalue weighted by Crippen LogP contribution is -2.42. The van der Waals surface area contributed by atoms with Crippen LogP contribution in [-0.2, 0) is 24.8 Å². The zero-order valence-electron chi connectivity index (χ0n) is 18.2. The van der Waals surface area contributed by atoms with E-state index in [4.69, 9.17) is 9.73 Å². The Hall–Kier alpha value is -1.24. The maximum absolute atomic E-state index is 5.42. The third-order valence-electron chi connectivity index (χ3n) is 5.23. The van der Waals surface area contributed by atoms with Crippen LogP contribution in [-0.4, -0.2) is 83.5 Å². The zero-order valence-corrected chi connectivity index (χ0v) is 21.4. The van der Waals surface area contributed by atoms with Gasteiger partial charge in [-0.25, -0.2) is 4.99 Å². The van der Waals surface area contributed by atoms with Gasteiger partial charge in [0, 0.05) is 45.2 Å². The molecule has 2 aromatic heterocycles. The van der Waals surface area contributed by atoms with E-state index in [1.165, 1.54) is 4.88 Å². The molecule has 0 unspecified atom stereocenters. The van der Waals surface area contributed by atoms with Gasteiger partial charge in [-0.15, -0.1) is 45.5 Å². The number of aromatic nitrogens is 3. The van der Waals surface area contributed by atoms with E-state index in [-0.39, 0.29) is 24.0 Å². The SMILES string of the molecule is Cc1nnc(CN=C(NCCCN2CCOCC2)N(C)CCc2cccs2)n1C.I. The minimum atomic E-state index is 0. The van der Waals surface area contributed by atoms with E-state index in [1.54, 1.807) is 11.3 Å². The summed E-state index contributed by atoms with van der Waals surface area (Å²) in [4.78, 5) is 10.9. The Bertz CT molecular complexity index is 759. The molecule has 0 saturated carbocycles. The molecule has 1 N–H and O–H groups in total. The molecule has 3 heterocycles. The third-order valence-corrected chi connectivity index (χ3v) is 6.16. The van der Waals surface area contributed by atoms with Gasteiger partial charge in [0.05, 0.1) is 13.2 Å². The van der Waals surface area contributed by atoms with E-state index < -0.39 is 0 Å². The standard InChI is InChI=1S/C20H33N7OS.HI/c1-17-23-24-19(26(17)3)16-22-20(25(2)10-7-18-6-4-15-29-18)21-8-5-9-27-11-13-28-14-12-27;/h4,6,15H,5,7-14,16H2,1-3H3,(H,21,22);1H. The highest BCUT2D eigenvalue weighted by atomic mass is 127. The Labute approximate surface area is 200 Å². The maximum Gasteiger partial charge on any atom is 0.194 e. The number of aliphatic imine (C=N–C) groups is 1. The lowest BCUT2D eigenvalue weighted by Gasteiger charge is -2.27. The van der Waals surface area contributed by atoms with E-state index >= 15 is 0 Å². The molecular formula is C20H34IN7OS. The van der Waals surface area contributed by atoms with Crippen molar-refractivity contribution in [3.05, 3.63) is 34.0 Å². The van der Waals surface area contributed by atoms with Crippen molar-refractivity contribution in [2.75, 3.05) is 53.0 Å². The van der Waals surface area contributed by atoms with Crippen LogP contribution in [0.2, 0.25) is 0 Å². The number of aryl methyl sites for hydroxylation is 1. The Morgan fingerprint density at radius 2 is 2.13 bits per heavy atom. The van der Waals surface area contributed by atoms with E-state index in [1.807, 2.05) is 18.5 Å². The fraction of sp³-hybridized carbons (Fsp3) is 0.650. The quantitative estimate of drug-likeness (QED) is 0.225. The molecule has 0 bridgehead atoms. The second-order valence-electron chi connectivity index (χ2n) is 7.35. The van der Waals surface area contributed by atoms with Crippen molar-refractivity contribution >= 4 is 41.3 Å². The highest BCUT2D eigenvalue weighted by Crippen LogP contribution is 2.09. The number of hydrogen-bond acceptors (Lipinski definition) is 6. The number of likely N-dealkylation sites (N-methyl/N-ethyl adjacent to an activating group) is 1. The number of guanidine groups is 1. The maximum atomic E-state index is 5.42. The van der Waals surface area contributed by atoms with Gasteiger partial charge >= 0.3 is 0 Å². The summed E-state index contributed by atoms with van der Waals surface area (Å²) in [5, 5.41) is 14.0. The summed E-state index contributed by atoms with van der Waals surface area (Å²) in [7, 11) is 4.08. The Morgan fingerprint density at radius 1 is 1.33 bits per heavy atom. The average Bonchev–Trinajstić information content (AvgIpc) is 3.37. The fourth-order valence-corrected chi connectivity index (χ4v) is 3.91. The van der Waals surface area contributed by atoms with Gasteiger partial charge in [-0.05, 0) is 37.8 Å². The summed E-state index contributed by atoms with van der Waals surface area (Å²) in [6, 6.07) is 4.29. The Morgan fingerprint density at radius 3 is 2.80 bits per heavy atom. The number of nitrogens with zero attached hydrogens (tertiary/aromatic N) is 6. The smallest absolute Gasteiger partial charge is 0.194 e.